The van der Waals surface area contributed by atoms with Gasteiger partial charge in [0.15, 0.2) is 23.6 Å². The normalized spacial score (nSPS) is 32.0. The van der Waals surface area contributed by atoms with Gasteiger partial charge in [-0.1, -0.05) is 80.6 Å². The molecule has 3 aromatic rings. The quantitative estimate of drug-likeness (QED) is 0.131. The summed E-state index contributed by atoms with van der Waals surface area (Å²) in [6.07, 6.45) is -10.8. The Bertz CT molecular complexity index is 2260. The van der Waals surface area contributed by atoms with Crippen LogP contribution >= 0.6 is 0 Å². The molecule has 0 spiro atoms. The maximum Gasteiger partial charge on any atom is 0.338 e. The lowest BCUT2D eigenvalue weighted by molar-refractivity contribution is -0.288. The van der Waals surface area contributed by atoms with Crippen LogP contribution < -0.4 is 5.32 Å². The Kier molecular flexibility index (Phi) is 11.3. The van der Waals surface area contributed by atoms with Crippen LogP contribution in [0.4, 0.5) is 0 Å². The molecule has 3 fully saturated rings. The van der Waals surface area contributed by atoms with Crippen LogP contribution in [0.5, 0.6) is 0 Å². The Morgan fingerprint density at radius 2 is 1.39 bits per heavy atom. The number of esters is 4. The highest BCUT2D eigenvalue weighted by Crippen LogP contribution is 2.66. The lowest BCUT2D eigenvalue weighted by Gasteiger charge is -2.60. The molecule has 3 aliphatic carbocycles. The van der Waals surface area contributed by atoms with Crippen molar-refractivity contribution in [3.63, 3.8) is 0 Å². The highest BCUT2D eigenvalue weighted by atomic mass is 16.6. The first kappa shape index (κ1) is 43.4. The summed E-state index contributed by atoms with van der Waals surface area (Å²) < 4.78 is 30.0. The predicted octanol–water partition coefficient (Wildman–Crippen LogP) is 3.35. The summed E-state index contributed by atoms with van der Waals surface area (Å²) in [6.45, 7) is 7.83. The van der Waals surface area contributed by atoms with Crippen LogP contribution in [-0.2, 0) is 42.9 Å². The molecule has 15 heteroatoms. The summed E-state index contributed by atoms with van der Waals surface area (Å²) in [4.78, 5) is 83.0. The van der Waals surface area contributed by atoms with E-state index < -0.39 is 113 Å². The van der Waals surface area contributed by atoms with Crippen LogP contribution in [-0.4, -0.2) is 105 Å². The first-order chi connectivity index (χ1) is 28.8. The third kappa shape index (κ3) is 7.02. The van der Waals surface area contributed by atoms with Gasteiger partial charge in [0.2, 0.25) is 0 Å². The van der Waals surface area contributed by atoms with Crippen molar-refractivity contribution in [2.45, 2.75) is 102 Å². The number of benzene rings is 3. The number of rotatable bonds is 10. The van der Waals surface area contributed by atoms with Gasteiger partial charge in [-0.05, 0) is 54.8 Å². The van der Waals surface area contributed by atoms with Crippen molar-refractivity contribution >= 4 is 35.6 Å². The molecule has 0 radical (unpaired) electrons. The average Bonchev–Trinajstić information content (AvgIpc) is 3.34. The zero-order chi connectivity index (χ0) is 44.2. The molecule has 1 heterocycles. The first-order valence-corrected chi connectivity index (χ1v) is 20.0. The van der Waals surface area contributed by atoms with Gasteiger partial charge in [0.1, 0.15) is 23.9 Å². The van der Waals surface area contributed by atoms with E-state index >= 15 is 4.79 Å². The van der Waals surface area contributed by atoms with Gasteiger partial charge in [-0.25, -0.2) is 9.59 Å². The van der Waals surface area contributed by atoms with Crippen molar-refractivity contribution < 1.29 is 67.8 Å². The molecule has 2 saturated carbocycles. The van der Waals surface area contributed by atoms with Gasteiger partial charge in [-0.15, -0.1) is 0 Å². The number of ether oxygens (including phenoxy) is 5. The molecule has 61 heavy (non-hydrogen) atoms. The van der Waals surface area contributed by atoms with E-state index in [1.165, 1.54) is 26.0 Å². The van der Waals surface area contributed by atoms with E-state index in [1.807, 2.05) is 0 Å². The zero-order valence-corrected chi connectivity index (χ0v) is 34.5. The van der Waals surface area contributed by atoms with E-state index in [9.17, 15) is 39.3 Å². The van der Waals surface area contributed by atoms with Crippen LogP contribution in [0, 0.1) is 16.7 Å². The molecule has 15 nitrogen and oxygen atoms in total. The van der Waals surface area contributed by atoms with E-state index in [1.54, 1.807) is 92.7 Å². The molecular formula is C46H49NO14. The molecule has 4 aliphatic rings. The number of carbonyl (C=O) groups excluding carboxylic acids is 6. The maximum absolute atomic E-state index is 15.4. The van der Waals surface area contributed by atoms with Crippen molar-refractivity contribution in [3.8, 4) is 0 Å². The van der Waals surface area contributed by atoms with Crippen LogP contribution in [0.15, 0.2) is 102 Å². The fraction of sp³-hybridized carbons (Fsp3) is 0.435. The lowest BCUT2D eigenvalue weighted by atomic mass is 9.50. The Hall–Kier alpha value is -5.74. The summed E-state index contributed by atoms with van der Waals surface area (Å²) in [5.41, 5.74) is -7.14. The summed E-state index contributed by atoms with van der Waals surface area (Å²) in [5, 5.41) is 40.1. The smallest absolute Gasteiger partial charge is 0.338 e. The second-order valence-electron chi connectivity index (χ2n) is 17.0. The van der Waals surface area contributed by atoms with Gasteiger partial charge in [0.25, 0.3) is 5.91 Å². The minimum absolute atomic E-state index is 0.0138. The number of aliphatic hydroxyl groups is 3. The molecule has 1 saturated heterocycles. The Morgan fingerprint density at radius 3 is 1.93 bits per heavy atom. The number of amides is 1. The summed E-state index contributed by atoms with van der Waals surface area (Å²) >= 11 is 0. The fourth-order valence-corrected chi connectivity index (χ4v) is 10.0. The summed E-state index contributed by atoms with van der Waals surface area (Å²) in [7, 11) is 0. The number of Topliss-reactive ketones (excluding diaryl/α,β-unsaturated/α-hetero) is 1. The molecule has 1 aliphatic heterocycles. The fourth-order valence-electron chi connectivity index (χ4n) is 10.0. The average molecular weight is 840 g/mol. The van der Waals surface area contributed by atoms with Crippen LogP contribution in [0.3, 0.4) is 0 Å². The monoisotopic (exact) mass is 839 g/mol. The second-order valence-corrected chi connectivity index (χ2v) is 17.0. The minimum Gasteiger partial charge on any atom is -0.456 e. The van der Waals surface area contributed by atoms with E-state index in [0.717, 1.165) is 13.8 Å². The standard InChI is InChI=1S/C46H49NO14/c1-24-30(59-42(55)33(50)32(27-16-10-7-11-17-27)47-40(53)28-18-12-8-13-19-28)22-46(56)38(60-41(54)29-20-14-9-15-21-29)35-44(6,37(52)39-45(35,23-57-39)61-26(3)49)36(51)34(58-25(2)48)31(24)43(46,4)5/h7-21,30,32-35,37-39,50,52,56H,22-23H2,1-6H3,(H,47,53)/t30-,32-,33+,34+,35-,37-,38-,39+,44+,45+,46+/m0/s1. The molecule has 11 atom stereocenters. The van der Waals surface area contributed by atoms with Crippen molar-refractivity contribution in [1.29, 1.82) is 0 Å². The molecule has 4 N–H and O–H groups in total. The molecule has 2 bridgehead atoms. The van der Waals surface area contributed by atoms with Crippen molar-refractivity contribution in [2.75, 3.05) is 6.61 Å². The number of carbonyl (C=O) groups is 6. The number of fused-ring (bicyclic) bond motifs is 5. The highest BCUT2D eigenvalue weighted by Gasteiger charge is 2.82. The largest absolute Gasteiger partial charge is 0.456 e. The van der Waals surface area contributed by atoms with Crippen molar-refractivity contribution in [2.24, 2.45) is 16.7 Å². The van der Waals surface area contributed by atoms with E-state index in [4.69, 9.17) is 23.7 Å². The second kappa shape index (κ2) is 15.9. The van der Waals surface area contributed by atoms with Gasteiger partial charge < -0.3 is 44.3 Å². The lowest BCUT2D eigenvalue weighted by Crippen LogP contribution is -2.73. The predicted molar refractivity (Wildman–Crippen MR) is 213 cm³/mol. The first-order valence-electron chi connectivity index (χ1n) is 20.0. The number of hydrogen-bond acceptors (Lipinski definition) is 14. The maximum atomic E-state index is 15.4. The Morgan fingerprint density at radius 1 is 0.820 bits per heavy atom. The van der Waals surface area contributed by atoms with Crippen molar-refractivity contribution in [3.05, 3.63) is 119 Å². The summed E-state index contributed by atoms with van der Waals surface area (Å²) in [6, 6.07) is 22.9. The summed E-state index contributed by atoms with van der Waals surface area (Å²) in [5.74, 6) is -6.90. The topological polar surface area (TPSA) is 221 Å². The zero-order valence-electron chi connectivity index (χ0n) is 34.5. The number of hydrogen-bond donors (Lipinski definition) is 4. The van der Waals surface area contributed by atoms with Crippen LogP contribution in [0.25, 0.3) is 0 Å². The van der Waals surface area contributed by atoms with E-state index in [-0.39, 0.29) is 28.9 Å². The van der Waals surface area contributed by atoms with Crippen LogP contribution in [0.1, 0.15) is 80.3 Å². The van der Waals surface area contributed by atoms with Crippen LogP contribution in [0.2, 0.25) is 0 Å². The number of aliphatic hydroxyl groups excluding tert-OH is 2. The molecule has 1 amide bonds. The third-order valence-electron chi connectivity index (χ3n) is 13.2. The minimum atomic E-state index is -2.38. The molecule has 0 unspecified atom stereocenters. The molecule has 322 valence electrons. The number of ketones is 1. The SMILES string of the molecule is CC(=O)O[C@H]1C(=O)[C@@]2(C)[C@H]([C@H](OC(=O)c3ccccc3)[C@]3(O)C[C@H](OC(=O)[C@H](O)[C@@H](NC(=O)c4ccccc4)c4ccccc4)C(C)=C1C3(C)C)[C@]1(OC(C)=O)CO[C@@H]1[C@@H]2O. The van der Waals surface area contributed by atoms with E-state index in [2.05, 4.69) is 5.32 Å². The van der Waals surface area contributed by atoms with Gasteiger partial charge in [0, 0.05) is 31.2 Å². The molecule has 3 aromatic carbocycles. The molecular weight excluding hydrogens is 790 g/mol. The molecule has 7 rings (SSSR count). The number of nitrogens with one attached hydrogen (secondary N) is 1. The Labute approximate surface area is 352 Å². The van der Waals surface area contributed by atoms with E-state index in [0.29, 0.717) is 5.56 Å². The third-order valence-corrected chi connectivity index (χ3v) is 13.2. The molecule has 0 aromatic heterocycles. The van der Waals surface area contributed by atoms with Crippen molar-refractivity contribution in [1.82, 2.24) is 5.32 Å². The van der Waals surface area contributed by atoms with Gasteiger partial charge >= 0.3 is 23.9 Å². The Balaban J connectivity index is 1.37. The highest BCUT2D eigenvalue weighted by molar-refractivity contribution is 5.96. The van der Waals surface area contributed by atoms with Gasteiger partial charge in [0.05, 0.1) is 35.6 Å². The van der Waals surface area contributed by atoms with Gasteiger partial charge in [-0.2, -0.15) is 0 Å². The van der Waals surface area contributed by atoms with Gasteiger partial charge in [-0.3, -0.25) is 19.2 Å².